The highest BCUT2D eigenvalue weighted by molar-refractivity contribution is 8.79. The lowest BCUT2D eigenvalue weighted by Crippen LogP contribution is -1.57. The summed E-state index contributed by atoms with van der Waals surface area (Å²) in [5.74, 6) is 0. The van der Waals surface area contributed by atoms with Crippen molar-refractivity contribution in [1.29, 1.82) is 0 Å². The van der Waals surface area contributed by atoms with Gasteiger partial charge in [-0.2, -0.15) is 0 Å². The van der Waals surface area contributed by atoms with E-state index < -0.39 is 0 Å². The van der Waals surface area contributed by atoms with Gasteiger partial charge in [0.1, 0.15) is 0 Å². The summed E-state index contributed by atoms with van der Waals surface area (Å²) < 4.78 is 0. The monoisotopic (exact) mass is 162 g/mol. The summed E-state index contributed by atoms with van der Waals surface area (Å²) >= 11 is 0. The molecule has 1 heterocycles. The quantitative estimate of drug-likeness (QED) is 0.552. The lowest BCUT2D eigenvalue weighted by Gasteiger charge is -1.87. The van der Waals surface area contributed by atoms with Gasteiger partial charge in [0.15, 0.2) is 0 Å². The van der Waals surface area contributed by atoms with E-state index in [9.17, 15) is 0 Å². The Kier molecular flexibility index (Phi) is 8.27. The molecule has 1 aliphatic rings. The zero-order chi connectivity index (χ0) is 6.95. The van der Waals surface area contributed by atoms with E-state index in [1.165, 1.54) is 0 Å². The third kappa shape index (κ3) is 8.14. The van der Waals surface area contributed by atoms with Crippen LogP contribution in [-0.4, -0.2) is 11.7 Å². The summed E-state index contributed by atoms with van der Waals surface area (Å²) in [5.41, 5.74) is 0. The van der Waals surface area contributed by atoms with Crippen LogP contribution in [0.5, 0.6) is 0 Å². The SMILES string of the molecule is C1=CSSC=C1.CCO. The molecule has 3 heteroatoms. The summed E-state index contributed by atoms with van der Waals surface area (Å²) in [6, 6.07) is 0. The molecule has 0 atom stereocenters. The molecule has 0 aliphatic carbocycles. The van der Waals surface area contributed by atoms with Crippen LogP contribution in [0, 0.1) is 0 Å². The van der Waals surface area contributed by atoms with Gasteiger partial charge in [-0.25, -0.2) is 0 Å². The molecule has 0 spiro atoms. The Bertz CT molecular complexity index is 87.2. The minimum Gasteiger partial charge on any atom is -0.397 e. The molecule has 0 unspecified atom stereocenters. The standard InChI is InChI=1S/C4H4S2.C2H6O/c1-2-4-6-5-3-1;1-2-3/h1-4H;3H,2H2,1H3. The molecular formula is C6H10OS2. The summed E-state index contributed by atoms with van der Waals surface area (Å²) in [5, 5.41) is 11.7. The largest absolute Gasteiger partial charge is 0.397 e. The molecule has 0 aromatic heterocycles. The van der Waals surface area contributed by atoms with E-state index in [1.807, 2.05) is 12.2 Å². The number of hydrogen-bond acceptors (Lipinski definition) is 3. The summed E-state index contributed by atoms with van der Waals surface area (Å²) in [6.07, 6.45) is 4.06. The minimum atomic E-state index is 0.250. The van der Waals surface area contributed by atoms with E-state index in [-0.39, 0.29) is 6.61 Å². The molecule has 52 valence electrons. The molecule has 0 radical (unpaired) electrons. The second kappa shape index (κ2) is 8.14. The molecule has 9 heavy (non-hydrogen) atoms. The van der Waals surface area contributed by atoms with Gasteiger partial charge in [0.25, 0.3) is 0 Å². The lowest BCUT2D eigenvalue weighted by molar-refractivity contribution is 0.318. The van der Waals surface area contributed by atoms with Gasteiger partial charge < -0.3 is 5.11 Å². The van der Waals surface area contributed by atoms with Crippen molar-refractivity contribution in [2.75, 3.05) is 6.61 Å². The van der Waals surface area contributed by atoms with Crippen LogP contribution in [0.3, 0.4) is 0 Å². The number of rotatable bonds is 0. The van der Waals surface area contributed by atoms with Crippen LogP contribution >= 0.6 is 21.6 Å². The predicted octanol–water partition coefficient (Wildman–Crippen LogP) is 2.41. The van der Waals surface area contributed by atoms with Crippen molar-refractivity contribution in [3.8, 4) is 0 Å². The molecule has 1 rings (SSSR count). The Hall–Kier alpha value is 0.140. The first-order valence-corrected chi connectivity index (χ1v) is 4.94. The Balaban J connectivity index is 0.000000187. The Morgan fingerprint density at radius 3 is 1.67 bits per heavy atom. The molecule has 0 saturated carbocycles. The molecule has 0 saturated heterocycles. The van der Waals surface area contributed by atoms with Crippen LogP contribution < -0.4 is 0 Å². The zero-order valence-electron chi connectivity index (χ0n) is 5.28. The molecule has 1 aliphatic heterocycles. The van der Waals surface area contributed by atoms with Gasteiger partial charge >= 0.3 is 0 Å². The summed E-state index contributed by atoms with van der Waals surface area (Å²) in [6.45, 7) is 1.93. The number of hydrogen-bond donors (Lipinski definition) is 1. The van der Waals surface area contributed by atoms with Crippen LogP contribution in [0.15, 0.2) is 23.0 Å². The van der Waals surface area contributed by atoms with E-state index in [4.69, 9.17) is 5.11 Å². The maximum atomic E-state index is 7.57. The van der Waals surface area contributed by atoms with E-state index in [1.54, 1.807) is 28.5 Å². The first-order valence-electron chi connectivity index (χ1n) is 2.66. The molecular weight excluding hydrogens is 152 g/mol. The third-order valence-corrected chi connectivity index (χ3v) is 2.08. The average Bonchev–Trinajstić information content (AvgIpc) is 1.93. The van der Waals surface area contributed by atoms with Crippen molar-refractivity contribution in [2.24, 2.45) is 0 Å². The van der Waals surface area contributed by atoms with Crippen LogP contribution in [-0.2, 0) is 0 Å². The second-order valence-electron chi connectivity index (χ2n) is 1.17. The lowest BCUT2D eigenvalue weighted by atomic mass is 10.6. The number of allylic oxidation sites excluding steroid dienone is 2. The fraction of sp³-hybridized carbons (Fsp3) is 0.333. The van der Waals surface area contributed by atoms with Gasteiger partial charge in [0.05, 0.1) is 0 Å². The molecule has 0 aromatic carbocycles. The van der Waals surface area contributed by atoms with Gasteiger partial charge in [0, 0.05) is 6.61 Å². The highest BCUT2D eigenvalue weighted by Gasteiger charge is 1.78. The highest BCUT2D eigenvalue weighted by atomic mass is 33.1. The van der Waals surface area contributed by atoms with Gasteiger partial charge in [-0.1, -0.05) is 33.7 Å². The minimum absolute atomic E-state index is 0.250. The fourth-order valence-corrected chi connectivity index (χ4v) is 1.43. The predicted molar refractivity (Wildman–Crippen MR) is 46.2 cm³/mol. The van der Waals surface area contributed by atoms with Crippen molar-refractivity contribution in [2.45, 2.75) is 6.92 Å². The Labute approximate surface area is 63.6 Å². The number of aliphatic hydroxyl groups is 1. The first-order chi connectivity index (χ1) is 4.41. The smallest absolute Gasteiger partial charge is 0.0402 e. The van der Waals surface area contributed by atoms with E-state index >= 15 is 0 Å². The maximum Gasteiger partial charge on any atom is 0.0402 e. The van der Waals surface area contributed by atoms with Crippen LogP contribution in [0.4, 0.5) is 0 Å². The highest BCUT2D eigenvalue weighted by Crippen LogP contribution is 2.26. The van der Waals surface area contributed by atoms with Crippen molar-refractivity contribution < 1.29 is 5.11 Å². The molecule has 1 nitrogen and oxygen atoms in total. The van der Waals surface area contributed by atoms with E-state index in [0.29, 0.717) is 0 Å². The van der Waals surface area contributed by atoms with Crippen molar-refractivity contribution in [3.05, 3.63) is 23.0 Å². The Morgan fingerprint density at radius 2 is 1.56 bits per heavy atom. The summed E-state index contributed by atoms with van der Waals surface area (Å²) in [4.78, 5) is 0. The average molecular weight is 162 g/mol. The second-order valence-corrected chi connectivity index (χ2v) is 3.25. The Morgan fingerprint density at radius 1 is 1.22 bits per heavy atom. The van der Waals surface area contributed by atoms with E-state index in [0.717, 1.165) is 0 Å². The van der Waals surface area contributed by atoms with Gasteiger partial charge in [-0.3, -0.25) is 0 Å². The molecule has 0 bridgehead atoms. The molecule has 1 N–H and O–H groups in total. The maximum absolute atomic E-state index is 7.57. The fourth-order valence-electron chi connectivity index (χ4n) is 0.219. The molecule has 0 fully saturated rings. The third-order valence-electron chi connectivity index (χ3n) is 0.435. The summed E-state index contributed by atoms with van der Waals surface area (Å²) in [7, 11) is 3.49. The molecule has 0 amide bonds. The zero-order valence-corrected chi connectivity index (χ0v) is 6.91. The van der Waals surface area contributed by atoms with E-state index in [2.05, 4.69) is 10.8 Å². The van der Waals surface area contributed by atoms with Crippen LogP contribution in [0.1, 0.15) is 6.92 Å². The van der Waals surface area contributed by atoms with Gasteiger partial charge in [-0.05, 0) is 17.7 Å². The first kappa shape index (κ1) is 9.14. The normalized spacial score (nSPS) is 14.4. The number of aliphatic hydroxyl groups excluding tert-OH is 1. The van der Waals surface area contributed by atoms with Crippen molar-refractivity contribution in [3.63, 3.8) is 0 Å². The van der Waals surface area contributed by atoms with Crippen molar-refractivity contribution in [1.82, 2.24) is 0 Å². The van der Waals surface area contributed by atoms with Crippen LogP contribution in [0.25, 0.3) is 0 Å². The van der Waals surface area contributed by atoms with Crippen LogP contribution in [0.2, 0.25) is 0 Å². The van der Waals surface area contributed by atoms with Crippen molar-refractivity contribution >= 4 is 21.6 Å². The van der Waals surface area contributed by atoms with Gasteiger partial charge in [0.2, 0.25) is 0 Å². The molecule has 0 aromatic rings. The van der Waals surface area contributed by atoms with Gasteiger partial charge in [-0.15, -0.1) is 0 Å². The topological polar surface area (TPSA) is 20.2 Å².